The van der Waals surface area contributed by atoms with E-state index in [1.54, 1.807) is 34.9 Å². The van der Waals surface area contributed by atoms with Gasteiger partial charge in [-0.3, -0.25) is 9.36 Å². The van der Waals surface area contributed by atoms with Crippen LogP contribution in [0.2, 0.25) is 5.02 Å². The van der Waals surface area contributed by atoms with Gasteiger partial charge in [-0.25, -0.2) is 13.1 Å². The van der Waals surface area contributed by atoms with E-state index in [-0.39, 0.29) is 16.3 Å². The van der Waals surface area contributed by atoms with Crippen LogP contribution in [0.5, 0.6) is 0 Å². The lowest BCUT2D eigenvalue weighted by Gasteiger charge is -2.32. The first-order chi connectivity index (χ1) is 17.3. The number of hydrogen-bond acceptors (Lipinski definition) is 5. The Hall–Kier alpha value is -2.65. The second-order valence-corrected chi connectivity index (χ2v) is 12.6. The molecule has 36 heavy (non-hydrogen) atoms. The number of halogens is 1. The molecule has 1 aliphatic rings. The van der Waals surface area contributed by atoms with Crippen LogP contribution in [0.15, 0.2) is 76.4 Å². The van der Waals surface area contributed by atoms with E-state index < -0.39 is 10.0 Å². The molecule has 1 N–H and O–H groups in total. The van der Waals surface area contributed by atoms with Crippen molar-refractivity contribution < 1.29 is 8.42 Å². The quantitative estimate of drug-likeness (QED) is 0.336. The molecule has 5 rings (SSSR count). The second kappa shape index (κ2) is 10.4. The van der Waals surface area contributed by atoms with Crippen molar-refractivity contribution in [2.75, 3.05) is 18.0 Å². The molecule has 1 atom stereocenters. The molecule has 0 spiro atoms. The normalized spacial score (nSPS) is 16.5. The Morgan fingerprint density at radius 2 is 1.75 bits per heavy atom. The Morgan fingerprint density at radius 3 is 2.47 bits per heavy atom. The lowest BCUT2D eigenvalue weighted by molar-refractivity contribution is 0.447. The molecule has 188 valence electrons. The Balaban J connectivity index is 1.29. The third kappa shape index (κ3) is 5.52. The molecule has 0 amide bonds. The van der Waals surface area contributed by atoms with Crippen LogP contribution in [-0.2, 0) is 23.1 Å². The van der Waals surface area contributed by atoms with Crippen molar-refractivity contribution in [3.63, 3.8) is 0 Å². The average molecular weight is 542 g/mol. The Morgan fingerprint density at radius 1 is 1.03 bits per heavy atom. The van der Waals surface area contributed by atoms with Gasteiger partial charge in [-0.15, -0.1) is 0 Å². The first-order valence-electron chi connectivity index (χ1n) is 12.0. The maximum Gasteiger partial charge on any atom is 0.308 e. The number of hydrogen-bond donors (Lipinski definition) is 1. The number of rotatable bonds is 7. The van der Waals surface area contributed by atoms with E-state index in [0.29, 0.717) is 27.7 Å². The van der Waals surface area contributed by atoms with E-state index in [4.69, 9.17) is 11.6 Å². The predicted octanol–water partition coefficient (Wildman–Crippen LogP) is 5.48. The summed E-state index contributed by atoms with van der Waals surface area (Å²) in [5.41, 5.74) is 3.73. The molecule has 0 aliphatic carbocycles. The van der Waals surface area contributed by atoms with Crippen molar-refractivity contribution in [1.29, 1.82) is 0 Å². The van der Waals surface area contributed by atoms with Crippen LogP contribution < -0.4 is 14.5 Å². The highest BCUT2D eigenvalue weighted by atomic mass is 35.5. The Kier molecular flexibility index (Phi) is 7.21. The van der Waals surface area contributed by atoms with E-state index in [1.165, 1.54) is 18.5 Å². The minimum absolute atomic E-state index is 0.134. The summed E-state index contributed by atoms with van der Waals surface area (Å²) in [6, 6.07) is 20.2. The molecule has 1 saturated heterocycles. The van der Waals surface area contributed by atoms with Crippen molar-refractivity contribution in [3.8, 4) is 0 Å². The summed E-state index contributed by atoms with van der Waals surface area (Å²) >= 11 is 7.00. The summed E-state index contributed by atoms with van der Waals surface area (Å²) < 4.78 is 31.0. The smallest absolute Gasteiger partial charge is 0.308 e. The largest absolute Gasteiger partial charge is 0.371 e. The lowest BCUT2D eigenvalue weighted by Crippen LogP contribution is -2.34. The van der Waals surface area contributed by atoms with Gasteiger partial charge in [-0.05, 0) is 72.4 Å². The van der Waals surface area contributed by atoms with Crippen LogP contribution in [0.25, 0.3) is 10.2 Å². The number of anilines is 1. The van der Waals surface area contributed by atoms with Gasteiger partial charge in [-0.1, -0.05) is 54.1 Å². The molecule has 0 bridgehead atoms. The zero-order valence-electron chi connectivity index (χ0n) is 20.0. The van der Waals surface area contributed by atoms with Crippen LogP contribution in [0.4, 0.5) is 5.69 Å². The summed E-state index contributed by atoms with van der Waals surface area (Å²) in [6.07, 6.45) is 2.47. The minimum Gasteiger partial charge on any atom is -0.371 e. The lowest BCUT2D eigenvalue weighted by atomic mass is 9.99. The number of sulfonamides is 1. The van der Waals surface area contributed by atoms with Crippen molar-refractivity contribution in [2.24, 2.45) is 5.92 Å². The van der Waals surface area contributed by atoms with Gasteiger partial charge in [0.05, 0.1) is 21.7 Å². The van der Waals surface area contributed by atoms with Gasteiger partial charge in [0, 0.05) is 30.3 Å². The molecule has 9 heteroatoms. The van der Waals surface area contributed by atoms with Crippen LogP contribution in [0, 0.1) is 5.92 Å². The molecule has 6 nitrogen and oxygen atoms in total. The van der Waals surface area contributed by atoms with Gasteiger partial charge in [0.2, 0.25) is 10.0 Å². The number of aromatic nitrogens is 1. The number of nitrogens with one attached hydrogen (secondary N) is 1. The molecular formula is C27H28ClN3O3S2. The van der Waals surface area contributed by atoms with Gasteiger partial charge >= 0.3 is 4.87 Å². The molecular weight excluding hydrogens is 514 g/mol. The van der Waals surface area contributed by atoms with E-state index in [1.807, 2.05) is 24.3 Å². The fourth-order valence-electron chi connectivity index (χ4n) is 4.65. The average Bonchev–Trinajstić information content (AvgIpc) is 3.18. The standard InChI is InChI=1S/C27H28ClN3O3S2/c1-19-3-2-14-30(17-19)23-10-6-20(7-11-23)16-29-36(33,34)24-12-13-25-26(15-24)35-27(32)31(25)18-21-4-8-22(28)9-5-21/h4-13,15,19,29H,2-3,14,16-18H2,1H3. The van der Waals surface area contributed by atoms with Gasteiger partial charge in [0.15, 0.2) is 0 Å². The predicted molar refractivity (Wildman–Crippen MR) is 148 cm³/mol. The van der Waals surface area contributed by atoms with E-state index >= 15 is 0 Å². The summed E-state index contributed by atoms with van der Waals surface area (Å²) in [6.45, 7) is 4.99. The summed E-state index contributed by atoms with van der Waals surface area (Å²) in [5.74, 6) is 0.690. The second-order valence-electron chi connectivity index (χ2n) is 9.39. The van der Waals surface area contributed by atoms with Crippen molar-refractivity contribution >= 4 is 48.9 Å². The van der Waals surface area contributed by atoms with Crippen LogP contribution >= 0.6 is 22.9 Å². The van der Waals surface area contributed by atoms with Crippen LogP contribution in [0.1, 0.15) is 30.9 Å². The first kappa shape index (κ1) is 25.0. The number of thiazole rings is 1. The third-order valence-corrected chi connectivity index (χ3v) is 9.22. The van der Waals surface area contributed by atoms with Gasteiger partial charge in [0.1, 0.15) is 0 Å². The summed E-state index contributed by atoms with van der Waals surface area (Å²) in [4.78, 5) is 15.0. The molecule has 0 radical (unpaired) electrons. The van der Waals surface area contributed by atoms with Crippen molar-refractivity contribution in [1.82, 2.24) is 9.29 Å². The Bertz CT molecular complexity index is 1530. The van der Waals surface area contributed by atoms with E-state index in [2.05, 4.69) is 28.7 Å². The number of piperidine rings is 1. The zero-order chi connectivity index (χ0) is 25.3. The molecule has 3 aromatic carbocycles. The topological polar surface area (TPSA) is 71.4 Å². The molecule has 1 unspecified atom stereocenters. The van der Waals surface area contributed by atoms with Crippen molar-refractivity contribution in [3.05, 3.63) is 92.5 Å². The third-order valence-electron chi connectivity index (χ3n) is 6.63. The van der Waals surface area contributed by atoms with Crippen molar-refractivity contribution in [2.45, 2.75) is 37.8 Å². The Labute approximate surface area is 220 Å². The highest BCUT2D eigenvalue weighted by Crippen LogP contribution is 2.25. The SMILES string of the molecule is CC1CCCN(c2ccc(CNS(=O)(=O)c3ccc4c(c3)sc(=O)n4Cc3ccc(Cl)cc3)cc2)C1. The highest BCUT2D eigenvalue weighted by molar-refractivity contribution is 7.89. The molecule has 1 aliphatic heterocycles. The first-order valence-corrected chi connectivity index (χ1v) is 14.7. The monoisotopic (exact) mass is 541 g/mol. The molecule has 4 aromatic rings. The fraction of sp³-hybridized carbons (Fsp3) is 0.296. The molecule has 1 fully saturated rings. The summed E-state index contributed by atoms with van der Waals surface area (Å²) in [7, 11) is -3.73. The molecule has 2 heterocycles. The number of fused-ring (bicyclic) bond motifs is 1. The number of nitrogens with zero attached hydrogens (tertiary/aromatic N) is 2. The fourth-order valence-corrected chi connectivity index (χ4v) is 6.82. The minimum atomic E-state index is -3.73. The molecule has 1 aromatic heterocycles. The summed E-state index contributed by atoms with van der Waals surface area (Å²) in [5, 5.41) is 0.635. The van der Waals surface area contributed by atoms with Crippen LogP contribution in [0.3, 0.4) is 0 Å². The van der Waals surface area contributed by atoms with Crippen LogP contribution in [-0.4, -0.2) is 26.1 Å². The number of benzene rings is 3. The van der Waals surface area contributed by atoms with Gasteiger partial charge < -0.3 is 4.90 Å². The van der Waals surface area contributed by atoms with E-state index in [9.17, 15) is 13.2 Å². The molecule has 0 saturated carbocycles. The maximum atomic E-state index is 13.0. The highest BCUT2D eigenvalue weighted by Gasteiger charge is 2.18. The van der Waals surface area contributed by atoms with Gasteiger partial charge in [-0.2, -0.15) is 0 Å². The zero-order valence-corrected chi connectivity index (χ0v) is 22.4. The maximum absolute atomic E-state index is 13.0. The van der Waals surface area contributed by atoms with E-state index in [0.717, 1.165) is 35.6 Å². The van der Waals surface area contributed by atoms with Gasteiger partial charge in [0.25, 0.3) is 0 Å².